The Balaban J connectivity index is 1.92. The molecular weight excluding hydrogens is 334 g/mol. The topological polar surface area (TPSA) is 25.2 Å². The second-order valence-corrected chi connectivity index (χ2v) is 6.72. The van der Waals surface area contributed by atoms with Crippen LogP contribution in [0.2, 0.25) is 0 Å². The maximum absolute atomic E-state index is 5.55. The molecule has 16 heavy (non-hydrogen) atoms. The highest BCUT2D eigenvalue weighted by Gasteiger charge is 2.33. The van der Waals surface area contributed by atoms with Crippen LogP contribution in [0.4, 0.5) is 0 Å². The first-order valence-electron chi connectivity index (χ1n) is 5.66. The molecule has 2 nitrogen and oxygen atoms in total. The van der Waals surface area contributed by atoms with Gasteiger partial charge >= 0.3 is 0 Å². The van der Waals surface area contributed by atoms with Crippen LogP contribution in [0.3, 0.4) is 0 Å². The second kappa shape index (κ2) is 4.83. The third-order valence-electron chi connectivity index (χ3n) is 3.48. The van der Waals surface area contributed by atoms with Crippen LogP contribution in [-0.4, -0.2) is 6.04 Å². The molecule has 4 heteroatoms. The van der Waals surface area contributed by atoms with E-state index in [0.29, 0.717) is 11.5 Å². The van der Waals surface area contributed by atoms with E-state index < -0.39 is 0 Å². The first-order chi connectivity index (χ1) is 7.49. The van der Waals surface area contributed by atoms with Crippen molar-refractivity contribution in [3.05, 3.63) is 21.0 Å². The van der Waals surface area contributed by atoms with Crippen LogP contribution in [0.15, 0.2) is 19.6 Å². The lowest BCUT2D eigenvalue weighted by atomic mass is 9.87. The number of hydrogen-bond donors (Lipinski definition) is 1. The van der Waals surface area contributed by atoms with Gasteiger partial charge in [-0.15, -0.1) is 0 Å². The summed E-state index contributed by atoms with van der Waals surface area (Å²) in [6.07, 6.45) is 3.92. The molecule has 1 saturated carbocycles. The normalized spacial score (nSPS) is 23.9. The Morgan fingerprint density at radius 3 is 2.75 bits per heavy atom. The monoisotopic (exact) mass is 349 g/mol. The fourth-order valence-corrected chi connectivity index (χ4v) is 3.07. The molecule has 0 spiro atoms. The molecule has 2 rings (SSSR count). The Kier molecular flexibility index (Phi) is 3.82. The first kappa shape index (κ1) is 12.7. The van der Waals surface area contributed by atoms with E-state index in [1.54, 1.807) is 0 Å². The van der Waals surface area contributed by atoms with Gasteiger partial charge < -0.3 is 9.73 Å². The minimum absolute atomic E-state index is 0.418. The molecule has 0 aliphatic heterocycles. The highest BCUT2D eigenvalue weighted by Crippen LogP contribution is 2.37. The van der Waals surface area contributed by atoms with Gasteiger partial charge in [-0.3, -0.25) is 0 Å². The van der Waals surface area contributed by atoms with Gasteiger partial charge in [-0.05, 0) is 56.2 Å². The minimum atomic E-state index is 0.418. The van der Waals surface area contributed by atoms with E-state index in [0.717, 1.165) is 21.4 Å². The standard InChI is InChI=1S/C12H17Br2NO/c1-12(2)5-3-4-10(12)15-7-8-6-9(13)11(14)16-8/h6,10,15H,3-5,7H2,1-2H3. The van der Waals surface area contributed by atoms with E-state index in [2.05, 4.69) is 51.0 Å². The molecule has 0 aromatic carbocycles. The molecule has 1 atom stereocenters. The first-order valence-corrected chi connectivity index (χ1v) is 7.25. The smallest absolute Gasteiger partial charge is 0.183 e. The van der Waals surface area contributed by atoms with Gasteiger partial charge in [-0.25, -0.2) is 0 Å². The summed E-state index contributed by atoms with van der Waals surface area (Å²) in [6, 6.07) is 2.62. The minimum Gasteiger partial charge on any atom is -0.452 e. The van der Waals surface area contributed by atoms with Crippen molar-refractivity contribution in [1.29, 1.82) is 0 Å². The van der Waals surface area contributed by atoms with Crippen LogP contribution in [0, 0.1) is 5.41 Å². The lowest BCUT2D eigenvalue weighted by Crippen LogP contribution is -2.37. The maximum Gasteiger partial charge on any atom is 0.183 e. The van der Waals surface area contributed by atoms with Crippen molar-refractivity contribution in [2.75, 3.05) is 0 Å². The summed E-state index contributed by atoms with van der Waals surface area (Å²) >= 11 is 6.77. The van der Waals surface area contributed by atoms with Crippen molar-refractivity contribution >= 4 is 31.9 Å². The Bertz CT molecular complexity index is 354. The van der Waals surface area contributed by atoms with Crippen LogP contribution >= 0.6 is 31.9 Å². The van der Waals surface area contributed by atoms with Gasteiger partial charge in [-0.2, -0.15) is 0 Å². The zero-order chi connectivity index (χ0) is 11.8. The molecule has 0 amide bonds. The van der Waals surface area contributed by atoms with E-state index >= 15 is 0 Å². The highest BCUT2D eigenvalue weighted by atomic mass is 79.9. The second-order valence-electron chi connectivity index (χ2n) is 5.15. The Morgan fingerprint density at radius 1 is 1.50 bits per heavy atom. The molecule has 1 unspecified atom stereocenters. The van der Waals surface area contributed by atoms with E-state index in [1.165, 1.54) is 19.3 Å². The molecular formula is C12H17Br2NO. The van der Waals surface area contributed by atoms with E-state index in [-0.39, 0.29) is 0 Å². The Hall–Kier alpha value is 0.200. The van der Waals surface area contributed by atoms with Gasteiger partial charge in [0.25, 0.3) is 0 Å². The lowest BCUT2D eigenvalue weighted by molar-refractivity contribution is 0.275. The largest absolute Gasteiger partial charge is 0.452 e. The zero-order valence-corrected chi connectivity index (χ0v) is 12.8. The van der Waals surface area contributed by atoms with Crippen LogP contribution in [0.25, 0.3) is 0 Å². The summed E-state index contributed by atoms with van der Waals surface area (Å²) in [5, 5.41) is 3.59. The number of hydrogen-bond acceptors (Lipinski definition) is 2. The molecule has 1 aromatic heterocycles. The van der Waals surface area contributed by atoms with Crippen LogP contribution in [-0.2, 0) is 6.54 Å². The van der Waals surface area contributed by atoms with E-state index in [4.69, 9.17) is 4.42 Å². The van der Waals surface area contributed by atoms with Crippen LogP contribution < -0.4 is 5.32 Å². The van der Waals surface area contributed by atoms with Gasteiger partial charge in [0, 0.05) is 6.04 Å². The fourth-order valence-electron chi connectivity index (χ4n) is 2.41. The summed E-state index contributed by atoms with van der Waals surface area (Å²) in [5.74, 6) is 0.974. The summed E-state index contributed by atoms with van der Waals surface area (Å²) < 4.78 is 7.30. The number of rotatable bonds is 3. The van der Waals surface area contributed by atoms with Gasteiger partial charge in [0.2, 0.25) is 0 Å². The van der Waals surface area contributed by atoms with Gasteiger partial charge in [0.1, 0.15) is 5.76 Å². The molecule has 0 saturated heterocycles. The van der Waals surface area contributed by atoms with Crippen molar-refractivity contribution in [3.63, 3.8) is 0 Å². The number of halogens is 2. The molecule has 1 aliphatic carbocycles. The molecule has 1 fully saturated rings. The molecule has 0 bridgehead atoms. The van der Waals surface area contributed by atoms with Crippen molar-refractivity contribution in [1.82, 2.24) is 5.32 Å². The van der Waals surface area contributed by atoms with Gasteiger partial charge in [0.05, 0.1) is 11.0 Å². The average Bonchev–Trinajstić information content (AvgIpc) is 2.68. The van der Waals surface area contributed by atoms with Crippen LogP contribution in [0.5, 0.6) is 0 Å². The number of nitrogens with one attached hydrogen (secondary N) is 1. The average molecular weight is 351 g/mol. The Morgan fingerprint density at radius 2 is 2.25 bits per heavy atom. The maximum atomic E-state index is 5.55. The third-order valence-corrected chi connectivity index (χ3v) is 5.19. The van der Waals surface area contributed by atoms with Gasteiger partial charge in [-0.1, -0.05) is 20.3 Å². The fraction of sp³-hybridized carbons (Fsp3) is 0.667. The predicted octanol–water partition coefficient (Wildman–Crippen LogP) is 4.47. The SMILES string of the molecule is CC1(C)CCCC1NCc1cc(Br)c(Br)o1. The summed E-state index contributed by atoms with van der Waals surface area (Å²) in [5.41, 5.74) is 0.418. The molecule has 1 aromatic rings. The molecule has 1 aliphatic rings. The van der Waals surface area contributed by atoms with E-state index in [1.807, 2.05) is 6.07 Å². The van der Waals surface area contributed by atoms with Crippen molar-refractivity contribution in [3.8, 4) is 0 Å². The highest BCUT2D eigenvalue weighted by molar-refractivity contribution is 9.13. The lowest BCUT2D eigenvalue weighted by Gasteiger charge is -2.27. The number of furan rings is 1. The summed E-state index contributed by atoms with van der Waals surface area (Å²) in [7, 11) is 0. The predicted molar refractivity (Wildman–Crippen MR) is 72.4 cm³/mol. The van der Waals surface area contributed by atoms with Gasteiger partial charge in [0.15, 0.2) is 4.67 Å². The van der Waals surface area contributed by atoms with E-state index in [9.17, 15) is 0 Å². The van der Waals surface area contributed by atoms with Crippen molar-refractivity contribution in [2.24, 2.45) is 5.41 Å². The zero-order valence-electron chi connectivity index (χ0n) is 9.65. The van der Waals surface area contributed by atoms with Crippen molar-refractivity contribution in [2.45, 2.75) is 45.7 Å². The molecule has 0 radical (unpaired) electrons. The Labute approximate surface area is 113 Å². The quantitative estimate of drug-likeness (QED) is 0.869. The molecule has 1 N–H and O–H groups in total. The van der Waals surface area contributed by atoms with Crippen LogP contribution in [0.1, 0.15) is 38.9 Å². The molecule has 90 valence electrons. The summed E-state index contributed by atoms with van der Waals surface area (Å²) in [6.45, 7) is 5.48. The summed E-state index contributed by atoms with van der Waals surface area (Å²) in [4.78, 5) is 0. The third kappa shape index (κ3) is 2.71. The van der Waals surface area contributed by atoms with Crippen molar-refractivity contribution < 1.29 is 4.42 Å². The molecule has 1 heterocycles.